The van der Waals surface area contributed by atoms with Gasteiger partial charge in [-0.3, -0.25) is 4.79 Å². The van der Waals surface area contributed by atoms with Crippen molar-refractivity contribution in [2.75, 3.05) is 5.32 Å². The number of carbonyl (C=O) groups excluding carboxylic acids is 1. The Kier molecular flexibility index (Phi) is 2.67. The molecule has 0 saturated heterocycles. The van der Waals surface area contributed by atoms with Crippen LogP contribution in [0.25, 0.3) is 0 Å². The smallest absolute Gasteiger partial charge is 0.229 e. The van der Waals surface area contributed by atoms with Gasteiger partial charge in [0.05, 0.1) is 5.69 Å². The van der Waals surface area contributed by atoms with Crippen LogP contribution in [0, 0.1) is 5.92 Å². The average molecular weight is 236 g/mol. The van der Waals surface area contributed by atoms with Gasteiger partial charge in [-0.2, -0.15) is 0 Å². The first-order valence-electron chi connectivity index (χ1n) is 6.12. The Morgan fingerprint density at radius 1 is 1.25 bits per heavy atom. The lowest BCUT2D eigenvalue weighted by Gasteiger charge is -2.23. The monoisotopic (exact) mass is 236 g/mol. The number of aryl methyl sites for hydroxylation is 2. The lowest BCUT2D eigenvalue weighted by molar-refractivity contribution is -0.122. The predicted molar refractivity (Wildman–Crippen MR) is 64.7 cm³/mol. The lowest BCUT2D eigenvalue weighted by atomic mass is 9.85. The number of nitrogens with one attached hydrogen (secondary N) is 1. The van der Waals surface area contributed by atoms with Gasteiger partial charge >= 0.3 is 0 Å². The van der Waals surface area contributed by atoms with Crippen LogP contribution in [0.3, 0.4) is 0 Å². The minimum absolute atomic E-state index is 0.178. The number of rotatable bonds is 2. The van der Waals surface area contributed by atoms with Crippen LogP contribution in [0.1, 0.15) is 42.7 Å². The van der Waals surface area contributed by atoms with E-state index in [1.807, 2.05) is 0 Å². The molecule has 4 heteroatoms. The summed E-state index contributed by atoms with van der Waals surface area (Å²) in [6.07, 6.45) is 8.05. The molecule has 0 aliphatic heterocycles. The summed E-state index contributed by atoms with van der Waals surface area (Å²) < 4.78 is 0. The van der Waals surface area contributed by atoms with E-state index in [4.69, 9.17) is 0 Å². The van der Waals surface area contributed by atoms with Crippen LogP contribution in [0.5, 0.6) is 0 Å². The maximum Gasteiger partial charge on any atom is 0.229 e. The SMILES string of the molecule is O=C(Nc1nc2c(s1)CCCC2)C1CCC1. The van der Waals surface area contributed by atoms with Crippen molar-refractivity contribution in [1.82, 2.24) is 4.98 Å². The van der Waals surface area contributed by atoms with E-state index >= 15 is 0 Å². The molecule has 16 heavy (non-hydrogen) atoms. The van der Waals surface area contributed by atoms with Crippen LogP contribution in [-0.4, -0.2) is 10.9 Å². The highest BCUT2D eigenvalue weighted by Gasteiger charge is 2.26. The molecule has 0 atom stereocenters. The highest BCUT2D eigenvalue weighted by molar-refractivity contribution is 7.15. The Morgan fingerprint density at radius 3 is 2.75 bits per heavy atom. The van der Waals surface area contributed by atoms with E-state index in [1.165, 1.54) is 29.8 Å². The number of nitrogens with zero attached hydrogens (tertiary/aromatic N) is 1. The van der Waals surface area contributed by atoms with Crippen LogP contribution in [0.15, 0.2) is 0 Å². The number of hydrogen-bond acceptors (Lipinski definition) is 3. The molecule has 86 valence electrons. The predicted octanol–water partition coefficient (Wildman–Crippen LogP) is 2.76. The zero-order valence-electron chi connectivity index (χ0n) is 9.29. The summed E-state index contributed by atoms with van der Waals surface area (Å²) in [5, 5.41) is 3.79. The summed E-state index contributed by atoms with van der Waals surface area (Å²) in [7, 11) is 0. The number of anilines is 1. The summed E-state index contributed by atoms with van der Waals surface area (Å²) in [5.41, 5.74) is 1.22. The summed E-state index contributed by atoms with van der Waals surface area (Å²) >= 11 is 1.67. The molecule has 0 aromatic carbocycles. The Bertz CT molecular complexity index is 386. The Hall–Kier alpha value is -0.900. The van der Waals surface area contributed by atoms with E-state index in [9.17, 15) is 4.79 Å². The number of carbonyl (C=O) groups is 1. The van der Waals surface area contributed by atoms with E-state index < -0.39 is 0 Å². The molecule has 0 radical (unpaired) electrons. The van der Waals surface area contributed by atoms with Gasteiger partial charge in [-0.05, 0) is 38.5 Å². The Balaban J connectivity index is 1.69. The van der Waals surface area contributed by atoms with Gasteiger partial charge in [0.15, 0.2) is 5.13 Å². The molecule has 0 bridgehead atoms. The molecule has 2 aliphatic rings. The fourth-order valence-electron chi connectivity index (χ4n) is 2.28. The zero-order chi connectivity index (χ0) is 11.0. The van der Waals surface area contributed by atoms with Crippen molar-refractivity contribution in [2.24, 2.45) is 5.92 Å². The topological polar surface area (TPSA) is 42.0 Å². The van der Waals surface area contributed by atoms with Crippen molar-refractivity contribution < 1.29 is 4.79 Å². The third-order valence-corrected chi connectivity index (χ3v) is 4.62. The fraction of sp³-hybridized carbons (Fsp3) is 0.667. The maximum absolute atomic E-state index is 11.8. The van der Waals surface area contributed by atoms with Crippen LogP contribution in [0.2, 0.25) is 0 Å². The summed E-state index contributed by atoms with van der Waals surface area (Å²) in [6, 6.07) is 0. The third kappa shape index (κ3) is 1.86. The normalized spacial score (nSPS) is 20.0. The molecule has 3 rings (SSSR count). The first-order chi connectivity index (χ1) is 7.83. The van der Waals surface area contributed by atoms with Crippen molar-refractivity contribution in [3.63, 3.8) is 0 Å². The largest absolute Gasteiger partial charge is 0.302 e. The second-order valence-electron chi connectivity index (χ2n) is 4.71. The van der Waals surface area contributed by atoms with E-state index in [0.29, 0.717) is 0 Å². The van der Waals surface area contributed by atoms with Gasteiger partial charge in [-0.25, -0.2) is 4.98 Å². The number of amides is 1. The fourth-order valence-corrected chi connectivity index (χ4v) is 3.34. The number of thiazole rings is 1. The highest BCUT2D eigenvalue weighted by atomic mass is 32.1. The second-order valence-corrected chi connectivity index (χ2v) is 5.80. The van der Waals surface area contributed by atoms with Gasteiger partial charge in [0.25, 0.3) is 0 Å². The highest BCUT2D eigenvalue weighted by Crippen LogP contribution is 2.31. The van der Waals surface area contributed by atoms with Crippen molar-refractivity contribution >= 4 is 22.4 Å². The van der Waals surface area contributed by atoms with Gasteiger partial charge in [-0.1, -0.05) is 6.42 Å². The molecule has 1 heterocycles. The van der Waals surface area contributed by atoms with Gasteiger partial charge in [0, 0.05) is 10.8 Å². The molecule has 1 saturated carbocycles. The van der Waals surface area contributed by atoms with Gasteiger partial charge < -0.3 is 5.32 Å². The molecule has 1 amide bonds. The molecule has 0 spiro atoms. The summed E-state index contributed by atoms with van der Waals surface area (Å²) in [4.78, 5) is 17.7. The average Bonchev–Trinajstić information content (AvgIpc) is 2.56. The van der Waals surface area contributed by atoms with Crippen LogP contribution in [-0.2, 0) is 17.6 Å². The molecule has 1 fully saturated rings. The standard InChI is InChI=1S/C12H16N2OS/c15-11(8-4-3-5-8)14-12-13-9-6-1-2-7-10(9)16-12/h8H,1-7H2,(H,13,14,15). The molecule has 3 nitrogen and oxygen atoms in total. The number of fused-ring (bicyclic) bond motifs is 1. The minimum atomic E-state index is 0.178. The molecular weight excluding hydrogens is 220 g/mol. The number of hydrogen-bond donors (Lipinski definition) is 1. The Morgan fingerprint density at radius 2 is 2.06 bits per heavy atom. The second kappa shape index (κ2) is 4.17. The summed E-state index contributed by atoms with van der Waals surface area (Å²) in [6.45, 7) is 0. The number of aromatic nitrogens is 1. The zero-order valence-corrected chi connectivity index (χ0v) is 10.1. The van der Waals surface area contributed by atoms with Gasteiger partial charge in [0.1, 0.15) is 0 Å². The quantitative estimate of drug-likeness (QED) is 0.858. The third-order valence-electron chi connectivity index (χ3n) is 3.55. The van der Waals surface area contributed by atoms with E-state index in [2.05, 4.69) is 10.3 Å². The van der Waals surface area contributed by atoms with Crippen molar-refractivity contribution in [3.8, 4) is 0 Å². The van der Waals surface area contributed by atoms with Crippen molar-refractivity contribution in [2.45, 2.75) is 44.9 Å². The molecule has 1 aromatic rings. The van der Waals surface area contributed by atoms with E-state index in [-0.39, 0.29) is 11.8 Å². The Labute approximate surface area is 99.3 Å². The van der Waals surface area contributed by atoms with Crippen molar-refractivity contribution in [1.29, 1.82) is 0 Å². The van der Waals surface area contributed by atoms with Gasteiger partial charge in [0.2, 0.25) is 5.91 Å². The molecule has 0 unspecified atom stereocenters. The van der Waals surface area contributed by atoms with Crippen LogP contribution in [0.4, 0.5) is 5.13 Å². The summed E-state index contributed by atoms with van der Waals surface area (Å²) in [5.74, 6) is 0.429. The van der Waals surface area contributed by atoms with Crippen molar-refractivity contribution in [3.05, 3.63) is 10.6 Å². The van der Waals surface area contributed by atoms with E-state index in [1.54, 1.807) is 11.3 Å². The first-order valence-corrected chi connectivity index (χ1v) is 6.94. The molecule has 1 N–H and O–H groups in total. The molecular formula is C12H16N2OS. The molecule has 1 aromatic heterocycles. The first kappa shape index (κ1) is 10.3. The maximum atomic E-state index is 11.8. The lowest BCUT2D eigenvalue weighted by Crippen LogP contribution is -2.27. The van der Waals surface area contributed by atoms with Gasteiger partial charge in [-0.15, -0.1) is 11.3 Å². The van der Waals surface area contributed by atoms with E-state index in [0.717, 1.165) is 30.8 Å². The van der Waals surface area contributed by atoms with Crippen LogP contribution < -0.4 is 5.32 Å². The minimum Gasteiger partial charge on any atom is -0.302 e. The van der Waals surface area contributed by atoms with Crippen LogP contribution >= 0.6 is 11.3 Å². The molecule has 2 aliphatic carbocycles.